The molecule has 0 bridgehead atoms. The molecule has 33 heavy (non-hydrogen) atoms. The summed E-state index contributed by atoms with van der Waals surface area (Å²) < 4.78 is 28.7. The molecule has 0 unspecified atom stereocenters. The average Bonchev–Trinajstić information content (AvgIpc) is 3.22. The highest BCUT2D eigenvalue weighted by molar-refractivity contribution is 7.92. The van der Waals surface area contributed by atoms with Gasteiger partial charge in [-0.1, -0.05) is 48.0 Å². The lowest BCUT2D eigenvalue weighted by Gasteiger charge is -2.13. The van der Waals surface area contributed by atoms with Gasteiger partial charge >= 0.3 is 0 Å². The molecule has 0 saturated carbocycles. The van der Waals surface area contributed by atoms with Crippen molar-refractivity contribution >= 4 is 38.1 Å². The first-order chi connectivity index (χ1) is 15.8. The van der Waals surface area contributed by atoms with Crippen LogP contribution in [0.2, 0.25) is 0 Å². The van der Waals surface area contributed by atoms with Gasteiger partial charge in [0.25, 0.3) is 15.9 Å². The quantitative estimate of drug-likeness (QED) is 0.410. The number of aryl methyl sites for hydroxylation is 4. The maximum Gasteiger partial charge on any atom is 0.262 e. The number of hydrogen-bond donors (Lipinski definition) is 2. The molecule has 1 aliphatic carbocycles. The Morgan fingerprint density at radius 1 is 0.848 bits per heavy atom. The highest BCUT2D eigenvalue weighted by atomic mass is 32.2. The average molecular weight is 457 g/mol. The van der Waals surface area contributed by atoms with Crippen molar-refractivity contribution in [2.24, 2.45) is 0 Å². The van der Waals surface area contributed by atoms with Crippen molar-refractivity contribution in [3.05, 3.63) is 101 Å². The third-order valence-corrected chi connectivity index (χ3v) is 7.69. The summed E-state index contributed by atoms with van der Waals surface area (Å²) in [6.45, 7) is 3.65. The molecule has 5 rings (SSSR count). The van der Waals surface area contributed by atoms with Crippen LogP contribution in [-0.4, -0.2) is 14.3 Å². The topological polar surface area (TPSA) is 75.3 Å². The molecular weight excluding hydrogens is 432 g/mol. The zero-order chi connectivity index (χ0) is 23.2. The number of hydrogen-bond acceptors (Lipinski definition) is 3. The second-order valence-electron chi connectivity index (χ2n) is 8.52. The summed E-state index contributed by atoms with van der Waals surface area (Å²) in [5.41, 5.74) is 5.68. The van der Waals surface area contributed by atoms with Gasteiger partial charge in [0.05, 0.1) is 4.90 Å². The van der Waals surface area contributed by atoms with E-state index in [-0.39, 0.29) is 16.4 Å². The van der Waals surface area contributed by atoms with Crippen LogP contribution in [-0.2, 0) is 22.9 Å². The fraction of sp³-hybridized carbons (Fsp3) is 0.148. The zero-order valence-corrected chi connectivity index (χ0v) is 19.3. The smallest absolute Gasteiger partial charge is 0.262 e. The molecule has 5 nitrogen and oxygen atoms in total. The Morgan fingerprint density at radius 3 is 2.33 bits per heavy atom. The van der Waals surface area contributed by atoms with E-state index < -0.39 is 10.0 Å². The molecule has 1 amide bonds. The van der Waals surface area contributed by atoms with Crippen LogP contribution in [0, 0.1) is 13.8 Å². The molecule has 0 aliphatic heterocycles. The first-order valence-corrected chi connectivity index (χ1v) is 12.4. The number of sulfonamides is 1. The molecule has 0 fully saturated rings. The van der Waals surface area contributed by atoms with Crippen LogP contribution in [0.25, 0.3) is 10.8 Å². The summed E-state index contributed by atoms with van der Waals surface area (Å²) in [4.78, 5) is 13.2. The minimum Gasteiger partial charge on any atom is -0.321 e. The minimum atomic E-state index is -3.85. The summed E-state index contributed by atoms with van der Waals surface area (Å²) in [6, 6.07) is 22.0. The third kappa shape index (κ3) is 3.98. The van der Waals surface area contributed by atoms with Gasteiger partial charge in [0.1, 0.15) is 0 Å². The van der Waals surface area contributed by atoms with Crippen molar-refractivity contribution in [3.8, 4) is 0 Å². The van der Waals surface area contributed by atoms with Gasteiger partial charge < -0.3 is 5.32 Å². The minimum absolute atomic E-state index is 0.0798. The van der Waals surface area contributed by atoms with E-state index in [1.807, 2.05) is 37.3 Å². The van der Waals surface area contributed by atoms with E-state index >= 15 is 0 Å². The first-order valence-electron chi connectivity index (χ1n) is 10.9. The molecule has 0 spiro atoms. The van der Waals surface area contributed by atoms with Crippen LogP contribution < -0.4 is 10.0 Å². The van der Waals surface area contributed by atoms with Gasteiger partial charge in [-0.3, -0.25) is 9.52 Å². The lowest BCUT2D eigenvalue weighted by atomic mass is 10.0. The Morgan fingerprint density at radius 2 is 1.58 bits per heavy atom. The molecule has 0 saturated heterocycles. The normalized spacial score (nSPS) is 12.7. The second kappa shape index (κ2) is 8.05. The number of rotatable bonds is 5. The van der Waals surface area contributed by atoms with Gasteiger partial charge in [-0.15, -0.1) is 0 Å². The number of anilines is 2. The zero-order valence-electron chi connectivity index (χ0n) is 18.5. The summed E-state index contributed by atoms with van der Waals surface area (Å²) >= 11 is 0. The van der Waals surface area contributed by atoms with Crippen molar-refractivity contribution in [1.82, 2.24) is 0 Å². The maximum atomic E-state index is 13.1. The van der Waals surface area contributed by atoms with Crippen LogP contribution in [0.1, 0.15) is 32.6 Å². The van der Waals surface area contributed by atoms with E-state index in [1.54, 1.807) is 31.2 Å². The Labute approximate surface area is 193 Å². The summed E-state index contributed by atoms with van der Waals surface area (Å²) in [5, 5.41) is 5.21. The van der Waals surface area contributed by atoms with Crippen LogP contribution in [0.5, 0.6) is 0 Å². The van der Waals surface area contributed by atoms with Gasteiger partial charge in [-0.25, -0.2) is 8.42 Å². The third-order valence-electron chi connectivity index (χ3n) is 6.17. The lowest BCUT2D eigenvalue weighted by molar-refractivity contribution is 0.102. The Bertz CT molecular complexity index is 1500. The van der Waals surface area contributed by atoms with Crippen molar-refractivity contribution in [2.45, 2.75) is 31.6 Å². The van der Waals surface area contributed by atoms with Crippen molar-refractivity contribution in [1.29, 1.82) is 0 Å². The molecule has 6 heteroatoms. The van der Waals surface area contributed by atoms with E-state index in [9.17, 15) is 13.2 Å². The van der Waals surface area contributed by atoms with Crippen molar-refractivity contribution in [3.63, 3.8) is 0 Å². The molecule has 2 N–H and O–H groups in total. The predicted molar refractivity (Wildman–Crippen MR) is 132 cm³/mol. The molecule has 166 valence electrons. The van der Waals surface area contributed by atoms with Crippen LogP contribution in [0.4, 0.5) is 11.4 Å². The SMILES string of the molecule is Cc1ccc(NS(=O)(=O)c2cc(C(=O)Nc3ccc4c5c(cccc35)CC4)ccc2C)cc1. The standard InChI is InChI=1S/C27H24N2O3S/c1-17-6-13-22(14-7-17)29-33(31,32)25-16-21(9-8-18(25)2)27(30)28-24-15-12-20-11-10-19-4-3-5-23(24)26(19)20/h3-9,12-16,29H,10-11H2,1-2H3,(H,28,30). The van der Waals surface area contributed by atoms with Crippen LogP contribution in [0.3, 0.4) is 0 Å². The molecule has 4 aromatic carbocycles. The van der Waals surface area contributed by atoms with Gasteiger partial charge in [-0.2, -0.15) is 0 Å². The van der Waals surface area contributed by atoms with Gasteiger partial charge in [0, 0.05) is 22.3 Å². The summed E-state index contributed by atoms with van der Waals surface area (Å²) in [5.74, 6) is -0.347. The van der Waals surface area contributed by atoms with Crippen LogP contribution in [0.15, 0.2) is 77.7 Å². The molecule has 1 aliphatic rings. The molecule has 0 atom stereocenters. The Balaban J connectivity index is 1.45. The second-order valence-corrected chi connectivity index (χ2v) is 10.2. The number of amides is 1. The molecule has 0 heterocycles. The number of carbonyl (C=O) groups is 1. The van der Waals surface area contributed by atoms with E-state index in [4.69, 9.17) is 0 Å². The monoisotopic (exact) mass is 456 g/mol. The van der Waals surface area contributed by atoms with Crippen molar-refractivity contribution in [2.75, 3.05) is 10.0 Å². The summed E-state index contributed by atoms with van der Waals surface area (Å²) in [7, 11) is -3.85. The molecule has 4 aromatic rings. The Kier molecular flexibility index (Phi) is 5.17. The first kappa shape index (κ1) is 21.2. The summed E-state index contributed by atoms with van der Waals surface area (Å²) in [6.07, 6.45) is 2.02. The largest absolute Gasteiger partial charge is 0.321 e. The predicted octanol–water partition coefficient (Wildman–Crippen LogP) is 5.61. The van der Waals surface area contributed by atoms with Crippen LogP contribution >= 0.6 is 0 Å². The molecule has 0 radical (unpaired) electrons. The van der Waals surface area contributed by atoms with Gasteiger partial charge in [0.15, 0.2) is 0 Å². The highest BCUT2D eigenvalue weighted by Gasteiger charge is 2.21. The van der Waals surface area contributed by atoms with E-state index in [0.717, 1.165) is 29.5 Å². The van der Waals surface area contributed by atoms with E-state index in [0.29, 0.717) is 11.3 Å². The van der Waals surface area contributed by atoms with E-state index in [1.165, 1.54) is 22.6 Å². The molecular formula is C27H24N2O3S. The Hall–Kier alpha value is -3.64. The lowest BCUT2D eigenvalue weighted by Crippen LogP contribution is -2.17. The number of carbonyl (C=O) groups excluding carboxylic acids is 1. The van der Waals surface area contributed by atoms with E-state index in [2.05, 4.69) is 22.2 Å². The number of benzene rings is 4. The fourth-order valence-electron chi connectivity index (χ4n) is 4.41. The van der Waals surface area contributed by atoms with Gasteiger partial charge in [0.2, 0.25) is 0 Å². The van der Waals surface area contributed by atoms with Crippen molar-refractivity contribution < 1.29 is 13.2 Å². The molecule has 0 aromatic heterocycles. The number of nitrogens with one attached hydrogen (secondary N) is 2. The van der Waals surface area contributed by atoms with Gasteiger partial charge in [-0.05, 0) is 79.1 Å². The fourth-order valence-corrected chi connectivity index (χ4v) is 5.74. The maximum absolute atomic E-state index is 13.1. The highest BCUT2D eigenvalue weighted by Crippen LogP contribution is 2.35.